The zero-order chi connectivity index (χ0) is 28.0. The van der Waals surface area contributed by atoms with Gasteiger partial charge in [-0.2, -0.15) is 0 Å². The van der Waals surface area contributed by atoms with Crippen molar-refractivity contribution in [2.75, 3.05) is 20.2 Å². The van der Waals surface area contributed by atoms with Crippen molar-refractivity contribution in [3.63, 3.8) is 0 Å². The van der Waals surface area contributed by atoms with Crippen LogP contribution in [0, 0.1) is 11.8 Å². The molecule has 2 bridgehead atoms. The van der Waals surface area contributed by atoms with Crippen LogP contribution in [0.25, 0.3) is 0 Å². The molecule has 6 rings (SSSR count). The summed E-state index contributed by atoms with van der Waals surface area (Å²) < 4.78 is 24.4. The molecule has 2 saturated heterocycles. The van der Waals surface area contributed by atoms with Crippen molar-refractivity contribution in [1.82, 2.24) is 15.5 Å². The minimum absolute atomic E-state index is 0.00959. The fourth-order valence-corrected chi connectivity index (χ4v) is 7.15. The average molecular weight is 541 g/mol. The molecule has 3 aliphatic carbocycles. The van der Waals surface area contributed by atoms with Crippen molar-refractivity contribution in [3.8, 4) is 0 Å². The van der Waals surface area contributed by atoms with E-state index < -0.39 is 30.4 Å². The number of carbonyl (C=O) groups excluding carboxylic acids is 2. The van der Waals surface area contributed by atoms with Crippen LogP contribution in [0.3, 0.4) is 0 Å². The van der Waals surface area contributed by atoms with E-state index in [4.69, 9.17) is 18.8 Å². The Hall–Kier alpha value is -2.30. The second-order valence-electron chi connectivity index (χ2n) is 13.1. The molecule has 0 spiro atoms. The summed E-state index contributed by atoms with van der Waals surface area (Å²) in [6.07, 6.45) is 3.30. The van der Waals surface area contributed by atoms with Gasteiger partial charge in [0.15, 0.2) is 0 Å². The summed E-state index contributed by atoms with van der Waals surface area (Å²) in [6, 6.07) is 9.82. The van der Waals surface area contributed by atoms with Crippen LogP contribution < -0.4 is 10.6 Å². The van der Waals surface area contributed by atoms with Crippen molar-refractivity contribution < 1.29 is 28.4 Å². The minimum Gasteiger partial charge on any atom is -0.447 e. The van der Waals surface area contributed by atoms with Gasteiger partial charge < -0.3 is 34.3 Å². The maximum Gasteiger partial charge on any atom is 0.482 e. The third-order valence-corrected chi connectivity index (χ3v) is 9.47. The molecule has 0 aromatic heterocycles. The van der Waals surface area contributed by atoms with Crippen molar-refractivity contribution in [3.05, 3.63) is 35.9 Å². The topological polar surface area (TPSA) is 98.4 Å². The highest BCUT2D eigenvalue weighted by Crippen LogP contribution is 2.61. The van der Waals surface area contributed by atoms with Gasteiger partial charge in [-0.1, -0.05) is 30.3 Å². The maximum atomic E-state index is 13.1. The molecule has 1 aromatic carbocycles. The van der Waals surface area contributed by atoms with Crippen LogP contribution in [-0.4, -0.2) is 79.2 Å². The van der Waals surface area contributed by atoms with E-state index in [1.165, 1.54) is 0 Å². The lowest BCUT2D eigenvalue weighted by Gasteiger charge is -2.65. The standard InChI is InChI=1S/C29H44BN3O6/c1-27(2,3)37-26(35)33-14-10-13-21(33)18-36-25(34)32-24(15-19-11-8-7-9-12-19)30-38-23-17-20-16-22(28(20,4)31-6)29(23,5)39-30/h7-9,11-12,20-24,31H,10,13-18H2,1-6H3,(H,32,34)/t20-,21+,22-,23+,24-,28?,29-/m0/s1. The van der Waals surface area contributed by atoms with Gasteiger partial charge in [0.2, 0.25) is 0 Å². The lowest BCUT2D eigenvalue weighted by Crippen LogP contribution is -2.74. The summed E-state index contributed by atoms with van der Waals surface area (Å²) in [6.45, 7) is 10.7. The Morgan fingerprint density at radius 2 is 1.95 bits per heavy atom. The number of alkyl carbamates (subject to hydrolysis) is 1. The van der Waals surface area contributed by atoms with Gasteiger partial charge in [-0.15, -0.1) is 0 Å². The van der Waals surface area contributed by atoms with Crippen LogP contribution in [-0.2, 0) is 25.2 Å². The Bertz CT molecular complexity index is 1050. The molecule has 1 aromatic rings. The Balaban J connectivity index is 1.24. The molecule has 5 fully saturated rings. The predicted molar refractivity (Wildman–Crippen MR) is 148 cm³/mol. The monoisotopic (exact) mass is 541 g/mol. The number of hydrogen-bond donors (Lipinski definition) is 2. The highest BCUT2D eigenvalue weighted by Gasteiger charge is 2.69. The second kappa shape index (κ2) is 10.6. The minimum atomic E-state index is -0.585. The first-order valence-electron chi connectivity index (χ1n) is 14.4. The van der Waals surface area contributed by atoms with Crippen LogP contribution in [0.5, 0.6) is 0 Å². The van der Waals surface area contributed by atoms with Gasteiger partial charge in [-0.25, -0.2) is 9.59 Å². The van der Waals surface area contributed by atoms with E-state index in [1.54, 1.807) is 4.90 Å². The van der Waals surface area contributed by atoms with Gasteiger partial charge in [-0.3, -0.25) is 0 Å². The molecule has 214 valence electrons. The van der Waals surface area contributed by atoms with Crippen LogP contribution in [0.15, 0.2) is 30.3 Å². The van der Waals surface area contributed by atoms with E-state index in [2.05, 4.69) is 24.5 Å². The zero-order valence-corrected chi connectivity index (χ0v) is 24.2. The first-order chi connectivity index (χ1) is 18.4. The van der Waals surface area contributed by atoms with E-state index in [1.807, 2.05) is 58.2 Å². The third-order valence-electron chi connectivity index (χ3n) is 9.47. The number of ether oxygens (including phenoxy) is 2. The van der Waals surface area contributed by atoms with E-state index in [0.29, 0.717) is 24.8 Å². The van der Waals surface area contributed by atoms with Gasteiger partial charge in [0, 0.05) is 18.0 Å². The molecule has 2 N–H and O–H groups in total. The van der Waals surface area contributed by atoms with Crippen molar-refractivity contribution >= 4 is 19.3 Å². The lowest BCUT2D eigenvalue weighted by atomic mass is 9.47. The molecule has 10 heteroatoms. The van der Waals surface area contributed by atoms with Gasteiger partial charge in [-0.05, 0) is 85.3 Å². The van der Waals surface area contributed by atoms with Crippen LogP contribution in [0.1, 0.15) is 65.9 Å². The number of carbonyl (C=O) groups is 2. The molecule has 2 amide bonds. The average Bonchev–Trinajstić information content (AvgIpc) is 3.50. The quantitative estimate of drug-likeness (QED) is 0.505. The first kappa shape index (κ1) is 28.2. The number of likely N-dealkylation sites (tertiary alicyclic amines) is 1. The maximum absolute atomic E-state index is 13.1. The molecular weight excluding hydrogens is 497 g/mol. The fraction of sp³-hybridized carbons (Fsp3) is 0.724. The van der Waals surface area contributed by atoms with E-state index in [-0.39, 0.29) is 30.4 Å². The Labute approximate surface area is 232 Å². The van der Waals surface area contributed by atoms with E-state index >= 15 is 0 Å². The summed E-state index contributed by atoms with van der Waals surface area (Å²) in [5, 5.41) is 6.58. The zero-order valence-electron chi connectivity index (χ0n) is 24.2. The van der Waals surface area contributed by atoms with Gasteiger partial charge in [0.25, 0.3) is 0 Å². The van der Waals surface area contributed by atoms with Crippen LogP contribution in [0.4, 0.5) is 9.59 Å². The molecule has 0 radical (unpaired) electrons. The van der Waals surface area contributed by atoms with E-state index in [9.17, 15) is 9.59 Å². The van der Waals surface area contributed by atoms with Gasteiger partial charge in [0.1, 0.15) is 12.2 Å². The summed E-state index contributed by atoms with van der Waals surface area (Å²) in [7, 11) is 1.44. The van der Waals surface area contributed by atoms with Gasteiger partial charge in [0.05, 0.1) is 23.7 Å². The number of hydrogen-bond acceptors (Lipinski definition) is 7. The third kappa shape index (κ3) is 5.52. The smallest absolute Gasteiger partial charge is 0.447 e. The second-order valence-corrected chi connectivity index (χ2v) is 13.1. The number of rotatable bonds is 7. The number of nitrogens with one attached hydrogen (secondary N) is 2. The normalized spacial score (nSPS) is 34.2. The molecule has 7 atom stereocenters. The summed E-state index contributed by atoms with van der Waals surface area (Å²) in [5.41, 5.74) is 0.112. The molecule has 39 heavy (non-hydrogen) atoms. The van der Waals surface area contributed by atoms with Gasteiger partial charge >= 0.3 is 19.3 Å². The molecule has 2 aliphatic heterocycles. The SMILES string of the molecule is CNC1(C)[C@@H]2C[C@H]3OB([C@H](Cc4ccccc4)NC(=O)OC[C@H]4CCCN4C(=O)OC(C)(C)C)O[C@@]3(C)[C@H]1C2. The fourth-order valence-electron chi connectivity index (χ4n) is 7.15. The lowest BCUT2D eigenvalue weighted by molar-refractivity contribution is -0.175. The summed E-state index contributed by atoms with van der Waals surface area (Å²) >= 11 is 0. The number of nitrogens with zero attached hydrogens (tertiary/aromatic N) is 1. The molecule has 9 nitrogen and oxygen atoms in total. The Kier molecular flexibility index (Phi) is 7.67. The van der Waals surface area contributed by atoms with Crippen molar-refractivity contribution in [2.45, 2.75) is 102 Å². The molecule has 1 unspecified atom stereocenters. The van der Waals surface area contributed by atoms with Crippen LogP contribution in [0.2, 0.25) is 0 Å². The summed E-state index contributed by atoms with van der Waals surface area (Å²) in [5.74, 6) is 0.470. The largest absolute Gasteiger partial charge is 0.482 e. The first-order valence-corrected chi connectivity index (χ1v) is 14.4. The van der Waals surface area contributed by atoms with Crippen molar-refractivity contribution in [2.24, 2.45) is 11.8 Å². The molecular formula is C29H44BN3O6. The molecule has 5 aliphatic rings. The number of amides is 2. The molecule has 2 heterocycles. The van der Waals surface area contributed by atoms with E-state index in [0.717, 1.165) is 31.2 Å². The highest BCUT2D eigenvalue weighted by atomic mass is 16.7. The number of benzene rings is 1. The van der Waals surface area contributed by atoms with Crippen LogP contribution >= 0.6 is 0 Å². The summed E-state index contributed by atoms with van der Waals surface area (Å²) in [4.78, 5) is 27.4. The predicted octanol–water partition coefficient (Wildman–Crippen LogP) is 3.94. The highest BCUT2D eigenvalue weighted by molar-refractivity contribution is 6.47. The molecule has 3 saturated carbocycles. The Morgan fingerprint density at radius 3 is 2.64 bits per heavy atom. The van der Waals surface area contributed by atoms with Crippen molar-refractivity contribution in [1.29, 1.82) is 0 Å². The Morgan fingerprint density at radius 1 is 1.21 bits per heavy atom.